The van der Waals surface area contributed by atoms with Gasteiger partial charge in [0.1, 0.15) is 16.9 Å². The average molecular weight is 843 g/mol. The third-order valence-electron chi connectivity index (χ3n) is 12.3. The highest BCUT2D eigenvalue weighted by molar-refractivity contribution is 5.90. The van der Waals surface area contributed by atoms with Crippen molar-refractivity contribution in [3.8, 4) is 5.75 Å². The maximum Gasteiger partial charge on any atom is 0.340 e. The first-order valence-corrected chi connectivity index (χ1v) is 21.7. The van der Waals surface area contributed by atoms with Crippen LogP contribution in [0.15, 0.2) is 111 Å². The number of carbonyl (C=O) groups is 2. The molecular formula is C52H58O10. The van der Waals surface area contributed by atoms with E-state index < -0.39 is 47.9 Å². The van der Waals surface area contributed by atoms with E-state index in [0.717, 1.165) is 29.5 Å². The summed E-state index contributed by atoms with van der Waals surface area (Å²) < 4.78 is 31.0. The highest BCUT2D eigenvalue weighted by Gasteiger charge is 2.51. The molecule has 4 heterocycles. The molecule has 10 nitrogen and oxygen atoms in total. The molecule has 5 aromatic rings. The van der Waals surface area contributed by atoms with E-state index in [2.05, 4.69) is 60.7 Å². The van der Waals surface area contributed by atoms with Crippen molar-refractivity contribution in [3.05, 3.63) is 157 Å². The van der Waals surface area contributed by atoms with Crippen LogP contribution in [0.1, 0.15) is 110 Å². The van der Waals surface area contributed by atoms with Crippen molar-refractivity contribution >= 4 is 22.9 Å². The minimum Gasteiger partial charge on any atom is -0.483 e. The lowest BCUT2D eigenvalue weighted by Gasteiger charge is -2.43. The van der Waals surface area contributed by atoms with Crippen LogP contribution < -0.4 is 10.4 Å². The van der Waals surface area contributed by atoms with E-state index in [0.29, 0.717) is 48.0 Å². The van der Waals surface area contributed by atoms with Gasteiger partial charge in [-0.05, 0) is 124 Å². The number of aryl methyl sites for hydroxylation is 2. The zero-order valence-corrected chi connectivity index (χ0v) is 36.4. The largest absolute Gasteiger partial charge is 0.483 e. The fraction of sp³-hybridized carbons (Fsp3) is 0.404. The number of hydrogen-bond acceptors (Lipinski definition) is 10. The van der Waals surface area contributed by atoms with E-state index in [1.807, 2.05) is 32.0 Å². The van der Waals surface area contributed by atoms with Crippen molar-refractivity contribution in [2.75, 3.05) is 20.3 Å². The van der Waals surface area contributed by atoms with Crippen LogP contribution in [0, 0.1) is 5.92 Å². The number of fused-ring (bicyclic) bond motifs is 13. The van der Waals surface area contributed by atoms with Crippen molar-refractivity contribution in [2.45, 2.75) is 109 Å². The van der Waals surface area contributed by atoms with Gasteiger partial charge < -0.3 is 33.6 Å². The molecule has 4 aromatic carbocycles. The van der Waals surface area contributed by atoms with Gasteiger partial charge in [-0.2, -0.15) is 0 Å². The molecule has 62 heavy (non-hydrogen) atoms. The fourth-order valence-electron chi connectivity index (χ4n) is 9.12. The van der Waals surface area contributed by atoms with Crippen LogP contribution in [0.2, 0.25) is 0 Å². The number of aliphatic hydroxyl groups is 2. The Morgan fingerprint density at radius 1 is 0.839 bits per heavy atom. The lowest BCUT2D eigenvalue weighted by Crippen LogP contribution is -2.52. The molecule has 1 aromatic heterocycles. The van der Waals surface area contributed by atoms with Crippen LogP contribution in [0.3, 0.4) is 0 Å². The first-order valence-electron chi connectivity index (χ1n) is 21.7. The van der Waals surface area contributed by atoms with Crippen molar-refractivity contribution in [1.29, 1.82) is 0 Å². The molecule has 3 aliphatic rings. The second-order valence-electron chi connectivity index (χ2n) is 17.5. The molecular weight excluding hydrogens is 785 g/mol. The summed E-state index contributed by atoms with van der Waals surface area (Å²) in [4.78, 5) is 42.8. The van der Waals surface area contributed by atoms with Gasteiger partial charge in [0.25, 0.3) is 0 Å². The molecule has 2 bridgehead atoms. The molecule has 10 heteroatoms. The Labute approximate surface area is 363 Å². The van der Waals surface area contributed by atoms with Crippen LogP contribution in [-0.4, -0.2) is 54.2 Å². The van der Waals surface area contributed by atoms with Gasteiger partial charge in [0.2, 0.25) is 0 Å². The molecule has 3 aliphatic heterocycles. The van der Waals surface area contributed by atoms with Crippen molar-refractivity contribution in [2.24, 2.45) is 5.92 Å². The lowest BCUT2D eigenvalue weighted by molar-refractivity contribution is -0.188. The second kappa shape index (κ2) is 19.7. The van der Waals surface area contributed by atoms with Gasteiger partial charge in [-0.15, -0.1) is 0 Å². The average Bonchev–Trinajstić information content (AvgIpc) is 3.24. The Hall–Kier alpha value is -5.55. The number of ether oxygens (including phenoxy) is 4. The minimum atomic E-state index is -1.25. The summed E-state index contributed by atoms with van der Waals surface area (Å²) in [7, 11) is 1.50. The van der Waals surface area contributed by atoms with Crippen LogP contribution in [0.5, 0.6) is 5.75 Å². The Balaban J connectivity index is 1.29. The summed E-state index contributed by atoms with van der Waals surface area (Å²) >= 11 is 0. The van der Waals surface area contributed by atoms with Gasteiger partial charge in [0, 0.05) is 42.6 Å². The normalized spacial score (nSPS) is 19.5. The van der Waals surface area contributed by atoms with Gasteiger partial charge in [-0.25, -0.2) is 9.59 Å². The van der Waals surface area contributed by atoms with Crippen molar-refractivity contribution in [1.82, 2.24) is 0 Å². The smallest absolute Gasteiger partial charge is 0.340 e. The van der Waals surface area contributed by atoms with Crippen molar-refractivity contribution < 1.29 is 43.2 Å². The molecule has 8 rings (SSSR count). The molecule has 0 saturated carbocycles. The molecule has 0 fully saturated rings. The van der Waals surface area contributed by atoms with Crippen LogP contribution in [-0.2, 0) is 56.1 Å². The third kappa shape index (κ3) is 10.0. The maximum absolute atomic E-state index is 14.6. The molecule has 2 N–H and O–H groups in total. The quantitative estimate of drug-likeness (QED) is 0.0753. The Morgan fingerprint density at radius 3 is 2.27 bits per heavy atom. The van der Waals surface area contributed by atoms with Gasteiger partial charge in [-0.1, -0.05) is 84.4 Å². The number of rotatable bonds is 11. The molecule has 4 atom stereocenters. The minimum absolute atomic E-state index is 0.0538. The van der Waals surface area contributed by atoms with E-state index in [4.69, 9.17) is 23.4 Å². The first-order chi connectivity index (χ1) is 29.9. The van der Waals surface area contributed by atoms with Crippen LogP contribution in [0.25, 0.3) is 11.0 Å². The molecule has 0 amide bonds. The van der Waals surface area contributed by atoms with Gasteiger partial charge in [-0.3, -0.25) is 4.79 Å². The highest BCUT2D eigenvalue weighted by Crippen LogP contribution is 2.48. The number of allylic oxidation sites excluding steroid dienone is 1. The van der Waals surface area contributed by atoms with Crippen molar-refractivity contribution in [3.63, 3.8) is 0 Å². The molecule has 0 radical (unpaired) electrons. The molecule has 4 unspecified atom stereocenters. The van der Waals surface area contributed by atoms with E-state index >= 15 is 0 Å². The predicted molar refractivity (Wildman–Crippen MR) is 237 cm³/mol. The summed E-state index contributed by atoms with van der Waals surface area (Å²) in [6.07, 6.45) is 1.83. The Kier molecular flexibility index (Phi) is 14.1. The van der Waals surface area contributed by atoms with Crippen LogP contribution >= 0.6 is 0 Å². The summed E-state index contributed by atoms with van der Waals surface area (Å²) in [6, 6.07) is 30.8. The first kappa shape index (κ1) is 44.5. The van der Waals surface area contributed by atoms with Gasteiger partial charge in [0.15, 0.2) is 12.2 Å². The second-order valence-corrected chi connectivity index (χ2v) is 17.5. The zero-order valence-electron chi connectivity index (χ0n) is 36.4. The fourth-order valence-corrected chi connectivity index (χ4v) is 9.12. The zero-order chi connectivity index (χ0) is 44.0. The maximum atomic E-state index is 14.6. The standard InChI is InChI=1S/C52H58O10/c1-32(2)40-21-20-33-14-16-36(17-15-33)28-38(19-18-35-12-9-13-37(27-35)26-34-10-7-6-8-11-34)29-44(55)59-48-46-43(62-52(3,4)49(48)61-50(40)56)23-22-41-42(30-54)45(51(57)60-47(41)46)39(24-25-53)31-58-5/h6-17,22-23,27,38-39,48-49,53-54H,18-21,24-26,28-31H2,1-5H3. The van der Waals surface area contributed by atoms with E-state index in [1.165, 1.54) is 23.8 Å². The summed E-state index contributed by atoms with van der Waals surface area (Å²) in [6.45, 7) is 6.68. The third-order valence-corrected chi connectivity index (χ3v) is 12.3. The summed E-state index contributed by atoms with van der Waals surface area (Å²) in [5, 5.41) is 21.1. The van der Waals surface area contributed by atoms with Crippen LogP contribution in [0.4, 0.5) is 0 Å². The van der Waals surface area contributed by atoms with Gasteiger partial charge in [0.05, 0.1) is 18.8 Å². The summed E-state index contributed by atoms with van der Waals surface area (Å²) in [5.41, 5.74) is 5.98. The van der Waals surface area contributed by atoms with Gasteiger partial charge >= 0.3 is 17.6 Å². The number of esters is 2. The number of carbonyl (C=O) groups excluding carboxylic acids is 2. The molecule has 0 aliphatic carbocycles. The topological polar surface area (TPSA) is 142 Å². The Bertz CT molecular complexity index is 2450. The molecule has 0 saturated heterocycles. The molecule has 0 spiro atoms. The van der Waals surface area contributed by atoms with E-state index in [1.54, 1.807) is 26.0 Å². The summed E-state index contributed by atoms with van der Waals surface area (Å²) in [5.74, 6) is -1.44. The SMILES string of the molecule is COCC(CCO)c1c(CO)c2ccc3c(c2oc1=O)C1OC(=O)CC(CCc2cccc(Cc4ccccc4)c2)Cc2ccc(cc2)CCC(=C(C)C)C(=O)OC1C(C)(C)O3. The highest BCUT2D eigenvalue weighted by atomic mass is 16.6. The predicted octanol–water partition coefficient (Wildman–Crippen LogP) is 8.82. The number of hydrogen-bond donors (Lipinski definition) is 2. The monoisotopic (exact) mass is 842 g/mol. The Morgan fingerprint density at radius 2 is 1.56 bits per heavy atom. The number of aliphatic hydroxyl groups excluding tert-OH is 2. The molecule has 326 valence electrons. The van der Waals surface area contributed by atoms with E-state index in [9.17, 15) is 24.6 Å². The number of benzene rings is 4. The number of methoxy groups -OCH3 is 1. The van der Waals surface area contributed by atoms with E-state index in [-0.39, 0.29) is 48.7 Å². The lowest BCUT2D eigenvalue weighted by atomic mass is 9.85.